The van der Waals surface area contributed by atoms with Crippen molar-refractivity contribution in [3.63, 3.8) is 0 Å². The number of rotatable bonds is 5. The van der Waals surface area contributed by atoms with Crippen LogP contribution in [-0.2, 0) is 15.8 Å². The standard InChI is InChI=1S/C19H17F3N4O3/c1-11(29-13-6-4-12(5-7-13)19(20,21)22)9-25-17(27)18(28)26-15-10-24-14-3-2-8-23-16(14)15/h2-8,10-11,24H,9H2,1H3,(H,25,27)(H,26,28). The quantitative estimate of drug-likeness (QED) is 0.568. The number of carbonyl (C=O) groups excluding carboxylic acids is 2. The van der Waals surface area contributed by atoms with E-state index >= 15 is 0 Å². The van der Waals surface area contributed by atoms with Crippen molar-refractivity contribution >= 4 is 28.5 Å². The Kier molecular flexibility index (Phi) is 5.71. The van der Waals surface area contributed by atoms with Gasteiger partial charge in [-0.05, 0) is 43.3 Å². The molecular weight excluding hydrogens is 389 g/mol. The third kappa shape index (κ3) is 5.03. The highest BCUT2D eigenvalue weighted by atomic mass is 19.4. The van der Waals surface area contributed by atoms with Crippen LogP contribution >= 0.6 is 0 Å². The number of H-pyrrole nitrogens is 1. The third-order valence-electron chi connectivity index (χ3n) is 3.96. The van der Waals surface area contributed by atoms with Gasteiger partial charge in [0.15, 0.2) is 0 Å². The smallest absolute Gasteiger partial charge is 0.416 e. The summed E-state index contributed by atoms with van der Waals surface area (Å²) in [6, 6.07) is 7.70. The van der Waals surface area contributed by atoms with Crippen molar-refractivity contribution in [3.05, 3.63) is 54.4 Å². The van der Waals surface area contributed by atoms with E-state index in [-0.39, 0.29) is 12.3 Å². The van der Waals surface area contributed by atoms with Crippen LogP contribution in [0.2, 0.25) is 0 Å². The SMILES string of the molecule is CC(CNC(=O)C(=O)Nc1c[nH]c2cccnc12)Oc1ccc(C(F)(F)F)cc1. The molecule has 7 nitrogen and oxygen atoms in total. The van der Waals surface area contributed by atoms with Crippen LogP contribution in [0.4, 0.5) is 18.9 Å². The maximum Gasteiger partial charge on any atom is 0.416 e. The predicted octanol–water partition coefficient (Wildman–Crippen LogP) is 3.10. The van der Waals surface area contributed by atoms with Crippen molar-refractivity contribution in [1.82, 2.24) is 15.3 Å². The zero-order valence-corrected chi connectivity index (χ0v) is 15.2. The van der Waals surface area contributed by atoms with Crippen molar-refractivity contribution in [2.75, 3.05) is 11.9 Å². The third-order valence-corrected chi connectivity index (χ3v) is 3.96. The summed E-state index contributed by atoms with van der Waals surface area (Å²) in [7, 11) is 0. The van der Waals surface area contributed by atoms with Crippen LogP contribution in [0.5, 0.6) is 5.75 Å². The summed E-state index contributed by atoms with van der Waals surface area (Å²) in [6.07, 6.45) is -1.91. The zero-order chi connectivity index (χ0) is 21.0. The lowest BCUT2D eigenvalue weighted by molar-refractivity contribution is -0.137. The van der Waals surface area contributed by atoms with Gasteiger partial charge in [-0.1, -0.05) is 0 Å². The molecule has 0 radical (unpaired) electrons. The number of alkyl halides is 3. The molecule has 3 N–H and O–H groups in total. The van der Waals surface area contributed by atoms with Crippen LogP contribution in [0.1, 0.15) is 12.5 Å². The van der Waals surface area contributed by atoms with Crippen LogP contribution in [-0.4, -0.2) is 34.4 Å². The molecule has 1 aromatic carbocycles. The predicted molar refractivity (Wildman–Crippen MR) is 99.3 cm³/mol. The Bertz CT molecular complexity index is 1020. The Hall–Kier alpha value is -3.56. The Morgan fingerprint density at radius 3 is 2.59 bits per heavy atom. The van der Waals surface area contributed by atoms with Crippen LogP contribution in [0.3, 0.4) is 0 Å². The van der Waals surface area contributed by atoms with Crippen molar-refractivity contribution < 1.29 is 27.5 Å². The van der Waals surface area contributed by atoms with Crippen LogP contribution < -0.4 is 15.4 Å². The first kappa shape index (κ1) is 20.2. The number of aromatic amines is 1. The van der Waals surface area contributed by atoms with E-state index in [2.05, 4.69) is 20.6 Å². The fourth-order valence-corrected chi connectivity index (χ4v) is 2.54. The molecule has 3 aromatic rings. The first-order valence-electron chi connectivity index (χ1n) is 8.59. The Labute approximate surface area is 163 Å². The van der Waals surface area contributed by atoms with Crippen molar-refractivity contribution in [2.45, 2.75) is 19.2 Å². The molecule has 1 atom stereocenters. The number of aromatic nitrogens is 2. The van der Waals surface area contributed by atoms with E-state index in [4.69, 9.17) is 4.74 Å². The molecule has 0 aliphatic carbocycles. The minimum atomic E-state index is -4.42. The van der Waals surface area contributed by atoms with Gasteiger partial charge in [0.05, 0.1) is 23.3 Å². The highest BCUT2D eigenvalue weighted by molar-refractivity contribution is 6.40. The summed E-state index contributed by atoms with van der Waals surface area (Å²) < 4.78 is 43.1. The number of fused-ring (bicyclic) bond motifs is 1. The summed E-state index contributed by atoms with van der Waals surface area (Å²) >= 11 is 0. The fourth-order valence-electron chi connectivity index (χ4n) is 2.54. The molecule has 29 heavy (non-hydrogen) atoms. The zero-order valence-electron chi connectivity index (χ0n) is 15.2. The molecule has 3 rings (SSSR count). The highest BCUT2D eigenvalue weighted by Crippen LogP contribution is 2.30. The maximum absolute atomic E-state index is 12.6. The van der Waals surface area contributed by atoms with Gasteiger partial charge in [-0.25, -0.2) is 0 Å². The average Bonchev–Trinajstić information content (AvgIpc) is 3.09. The number of benzene rings is 1. The van der Waals surface area contributed by atoms with Gasteiger partial charge in [0.25, 0.3) is 0 Å². The second-order valence-corrected chi connectivity index (χ2v) is 6.22. The van der Waals surface area contributed by atoms with E-state index in [1.54, 1.807) is 25.3 Å². The molecular formula is C19H17F3N4O3. The summed E-state index contributed by atoms with van der Waals surface area (Å²) in [5.74, 6) is -1.54. The van der Waals surface area contributed by atoms with Crippen LogP contribution in [0, 0.1) is 0 Å². The number of carbonyl (C=O) groups is 2. The molecule has 0 spiro atoms. The van der Waals surface area contributed by atoms with Crippen molar-refractivity contribution in [3.8, 4) is 5.75 Å². The Morgan fingerprint density at radius 2 is 1.90 bits per heavy atom. The minimum absolute atomic E-state index is 0.0145. The summed E-state index contributed by atoms with van der Waals surface area (Å²) in [6.45, 7) is 1.60. The molecule has 2 amide bonds. The molecule has 10 heteroatoms. The number of amides is 2. The molecule has 0 aliphatic heterocycles. The van der Waals surface area contributed by atoms with E-state index in [1.807, 2.05) is 0 Å². The molecule has 0 saturated carbocycles. The topological polar surface area (TPSA) is 96.1 Å². The van der Waals surface area contributed by atoms with Gasteiger partial charge in [-0.2, -0.15) is 13.2 Å². The van der Waals surface area contributed by atoms with Gasteiger partial charge in [0.1, 0.15) is 17.4 Å². The lowest BCUT2D eigenvalue weighted by atomic mass is 10.2. The average molecular weight is 406 g/mol. The molecule has 2 heterocycles. The molecule has 0 aliphatic rings. The van der Waals surface area contributed by atoms with Gasteiger partial charge in [-0.3, -0.25) is 14.6 Å². The molecule has 0 saturated heterocycles. The number of pyridine rings is 1. The van der Waals surface area contributed by atoms with E-state index in [1.165, 1.54) is 18.3 Å². The first-order chi connectivity index (χ1) is 13.7. The van der Waals surface area contributed by atoms with Crippen molar-refractivity contribution in [2.24, 2.45) is 0 Å². The second-order valence-electron chi connectivity index (χ2n) is 6.22. The highest BCUT2D eigenvalue weighted by Gasteiger charge is 2.30. The van der Waals surface area contributed by atoms with Gasteiger partial charge in [-0.15, -0.1) is 0 Å². The summed E-state index contributed by atoms with van der Waals surface area (Å²) in [5.41, 5.74) is 0.818. The van der Waals surface area contributed by atoms with Crippen LogP contribution in [0.25, 0.3) is 11.0 Å². The number of nitrogens with one attached hydrogen (secondary N) is 3. The Balaban J connectivity index is 1.50. The monoisotopic (exact) mass is 406 g/mol. The number of hydrogen-bond acceptors (Lipinski definition) is 4. The molecule has 1 unspecified atom stereocenters. The normalized spacial score (nSPS) is 12.4. The number of hydrogen-bond donors (Lipinski definition) is 3. The lowest BCUT2D eigenvalue weighted by Gasteiger charge is -2.16. The molecule has 152 valence electrons. The number of halogens is 3. The van der Waals surface area contributed by atoms with Gasteiger partial charge >= 0.3 is 18.0 Å². The summed E-state index contributed by atoms with van der Waals surface area (Å²) in [5, 5.41) is 4.88. The molecule has 2 aromatic heterocycles. The van der Waals surface area contributed by atoms with Gasteiger partial charge in [0.2, 0.25) is 0 Å². The van der Waals surface area contributed by atoms with Crippen LogP contribution in [0.15, 0.2) is 48.8 Å². The lowest BCUT2D eigenvalue weighted by Crippen LogP contribution is -2.40. The van der Waals surface area contributed by atoms with Crippen molar-refractivity contribution in [1.29, 1.82) is 0 Å². The summed E-state index contributed by atoms with van der Waals surface area (Å²) in [4.78, 5) is 31.1. The number of ether oxygens (including phenoxy) is 1. The van der Waals surface area contributed by atoms with E-state index in [9.17, 15) is 22.8 Å². The van der Waals surface area contributed by atoms with E-state index in [0.717, 1.165) is 12.1 Å². The van der Waals surface area contributed by atoms with E-state index < -0.39 is 29.7 Å². The maximum atomic E-state index is 12.6. The number of anilines is 1. The largest absolute Gasteiger partial charge is 0.489 e. The molecule has 0 fully saturated rings. The second kappa shape index (κ2) is 8.21. The fraction of sp³-hybridized carbons (Fsp3) is 0.211. The Morgan fingerprint density at radius 1 is 1.17 bits per heavy atom. The van der Waals surface area contributed by atoms with Gasteiger partial charge in [0, 0.05) is 12.4 Å². The van der Waals surface area contributed by atoms with E-state index in [0.29, 0.717) is 16.7 Å². The van der Waals surface area contributed by atoms with Gasteiger partial charge < -0.3 is 20.4 Å². The first-order valence-corrected chi connectivity index (χ1v) is 8.59. The minimum Gasteiger partial charge on any atom is -0.489 e. The number of nitrogens with zero attached hydrogens (tertiary/aromatic N) is 1. The molecule has 0 bridgehead atoms.